The standard InChI is InChI=1S/C37H39N3O10/c1-5-9-31(43)47-22-13-16-25(28(41)19-22)35-38-36(26-17-14-23(20-29(26)42)48-32(44)10-6-2)40-37(39-35)27-18-15-24(49-33(45)11-7-3)21-30(27)50-34(46)12-8-4/h13-21,41-42H,5-12H2,1-4H3. The van der Waals surface area contributed by atoms with Gasteiger partial charge in [-0.2, -0.15) is 0 Å². The van der Waals surface area contributed by atoms with Gasteiger partial charge in [0, 0.05) is 43.9 Å². The van der Waals surface area contributed by atoms with Crippen LogP contribution in [0.2, 0.25) is 0 Å². The van der Waals surface area contributed by atoms with Crippen LogP contribution in [0.1, 0.15) is 79.1 Å². The Bertz CT molecular complexity index is 1790. The number of rotatable bonds is 15. The minimum absolute atomic E-state index is 0.00170. The van der Waals surface area contributed by atoms with Gasteiger partial charge in [0.2, 0.25) is 0 Å². The lowest BCUT2D eigenvalue weighted by Crippen LogP contribution is -2.10. The van der Waals surface area contributed by atoms with Crippen LogP contribution in [-0.2, 0) is 19.2 Å². The van der Waals surface area contributed by atoms with Gasteiger partial charge < -0.3 is 29.2 Å². The van der Waals surface area contributed by atoms with Crippen LogP contribution >= 0.6 is 0 Å². The van der Waals surface area contributed by atoms with Crippen molar-refractivity contribution in [2.24, 2.45) is 0 Å². The largest absolute Gasteiger partial charge is 0.507 e. The summed E-state index contributed by atoms with van der Waals surface area (Å²) < 4.78 is 21.7. The van der Waals surface area contributed by atoms with Crippen LogP contribution in [0.4, 0.5) is 0 Å². The first-order chi connectivity index (χ1) is 24.0. The van der Waals surface area contributed by atoms with Crippen LogP contribution in [-0.4, -0.2) is 49.0 Å². The summed E-state index contributed by atoms with van der Waals surface area (Å²) in [5.74, 6) is -2.31. The maximum absolute atomic E-state index is 12.7. The van der Waals surface area contributed by atoms with Crippen LogP contribution in [0.25, 0.3) is 34.2 Å². The van der Waals surface area contributed by atoms with Gasteiger partial charge in [-0.05, 0) is 62.1 Å². The molecule has 0 saturated heterocycles. The topological polar surface area (TPSA) is 184 Å². The van der Waals surface area contributed by atoms with Gasteiger partial charge in [0.1, 0.15) is 34.5 Å². The second-order valence-electron chi connectivity index (χ2n) is 11.2. The number of ether oxygens (including phenoxy) is 4. The molecule has 3 aromatic carbocycles. The van der Waals surface area contributed by atoms with Crippen molar-refractivity contribution in [3.8, 4) is 68.7 Å². The van der Waals surface area contributed by atoms with E-state index in [-0.39, 0.29) is 94.3 Å². The average molecular weight is 686 g/mol. The maximum atomic E-state index is 12.7. The molecule has 0 bridgehead atoms. The number of esters is 4. The second kappa shape index (κ2) is 17.5. The van der Waals surface area contributed by atoms with E-state index in [1.807, 2.05) is 27.7 Å². The molecule has 0 fully saturated rings. The molecular weight excluding hydrogens is 646 g/mol. The molecule has 50 heavy (non-hydrogen) atoms. The molecule has 0 aliphatic carbocycles. The Balaban J connectivity index is 1.88. The van der Waals surface area contributed by atoms with E-state index >= 15 is 0 Å². The molecule has 1 aromatic heterocycles. The average Bonchev–Trinajstić information content (AvgIpc) is 3.05. The highest BCUT2D eigenvalue weighted by molar-refractivity contribution is 5.80. The fourth-order valence-electron chi connectivity index (χ4n) is 4.64. The molecule has 262 valence electrons. The quantitative estimate of drug-likeness (QED) is 0.0954. The number of hydrogen-bond acceptors (Lipinski definition) is 13. The van der Waals surface area contributed by atoms with Crippen molar-refractivity contribution >= 4 is 23.9 Å². The number of phenols is 2. The summed E-state index contributed by atoms with van der Waals surface area (Å²) in [6.07, 6.45) is 2.97. The summed E-state index contributed by atoms with van der Waals surface area (Å²) in [4.78, 5) is 62.7. The van der Waals surface area contributed by atoms with Crippen LogP contribution in [0.3, 0.4) is 0 Å². The first kappa shape index (κ1) is 37.0. The van der Waals surface area contributed by atoms with Gasteiger partial charge in [0.25, 0.3) is 0 Å². The summed E-state index contributed by atoms with van der Waals surface area (Å²) in [6, 6.07) is 12.8. The molecule has 1 heterocycles. The van der Waals surface area contributed by atoms with E-state index in [1.54, 1.807) is 0 Å². The van der Waals surface area contributed by atoms with Crippen molar-refractivity contribution in [3.05, 3.63) is 54.6 Å². The Hall–Kier alpha value is -5.85. The third-order valence-electron chi connectivity index (χ3n) is 6.98. The normalized spacial score (nSPS) is 10.7. The molecule has 0 unspecified atom stereocenters. The van der Waals surface area contributed by atoms with E-state index in [0.29, 0.717) is 25.7 Å². The van der Waals surface area contributed by atoms with E-state index in [2.05, 4.69) is 15.0 Å². The Morgan fingerprint density at radius 2 is 0.800 bits per heavy atom. The highest BCUT2D eigenvalue weighted by Gasteiger charge is 2.22. The highest BCUT2D eigenvalue weighted by atomic mass is 16.6. The SMILES string of the molecule is CCCC(=O)Oc1ccc(-c2nc(-c3ccc(OC(=O)CCC)cc3O)nc(-c3ccc(OC(=O)CCC)cc3OC(=O)CCC)n2)c(O)c1. The van der Waals surface area contributed by atoms with Crippen molar-refractivity contribution in [2.75, 3.05) is 0 Å². The molecule has 0 atom stereocenters. The number of aromatic nitrogens is 3. The second-order valence-corrected chi connectivity index (χ2v) is 11.2. The molecule has 13 heteroatoms. The fourth-order valence-corrected chi connectivity index (χ4v) is 4.64. The zero-order valence-corrected chi connectivity index (χ0v) is 28.4. The van der Waals surface area contributed by atoms with E-state index < -0.39 is 23.9 Å². The Morgan fingerprint density at radius 1 is 0.480 bits per heavy atom. The lowest BCUT2D eigenvalue weighted by molar-refractivity contribution is -0.135. The van der Waals surface area contributed by atoms with Crippen LogP contribution in [0, 0.1) is 0 Å². The van der Waals surface area contributed by atoms with Gasteiger partial charge in [-0.15, -0.1) is 0 Å². The zero-order valence-electron chi connectivity index (χ0n) is 28.4. The van der Waals surface area contributed by atoms with Crippen molar-refractivity contribution in [2.45, 2.75) is 79.1 Å². The Kier molecular flexibility index (Phi) is 13.0. The van der Waals surface area contributed by atoms with Gasteiger partial charge >= 0.3 is 23.9 Å². The molecule has 0 amide bonds. The third-order valence-corrected chi connectivity index (χ3v) is 6.98. The monoisotopic (exact) mass is 685 g/mol. The van der Waals surface area contributed by atoms with E-state index in [9.17, 15) is 29.4 Å². The van der Waals surface area contributed by atoms with Crippen molar-refractivity contribution in [1.82, 2.24) is 15.0 Å². The van der Waals surface area contributed by atoms with Gasteiger partial charge in [-0.3, -0.25) is 19.2 Å². The first-order valence-electron chi connectivity index (χ1n) is 16.4. The number of benzene rings is 3. The van der Waals surface area contributed by atoms with Crippen molar-refractivity contribution < 1.29 is 48.3 Å². The summed E-state index contributed by atoms with van der Waals surface area (Å²) in [6.45, 7) is 7.34. The van der Waals surface area contributed by atoms with Crippen molar-refractivity contribution in [3.63, 3.8) is 0 Å². The van der Waals surface area contributed by atoms with Gasteiger partial charge in [-0.25, -0.2) is 15.0 Å². The molecule has 0 aliphatic heterocycles. The highest BCUT2D eigenvalue weighted by Crippen LogP contribution is 2.38. The predicted molar refractivity (Wildman–Crippen MR) is 182 cm³/mol. The molecule has 0 saturated carbocycles. The number of carbonyl (C=O) groups excluding carboxylic acids is 4. The summed E-state index contributed by atoms with van der Waals surface area (Å²) in [5.41, 5.74) is 0.470. The number of nitrogens with zero attached hydrogens (tertiary/aromatic N) is 3. The van der Waals surface area contributed by atoms with E-state index in [4.69, 9.17) is 18.9 Å². The smallest absolute Gasteiger partial charge is 0.311 e. The summed E-state index contributed by atoms with van der Waals surface area (Å²) in [7, 11) is 0. The van der Waals surface area contributed by atoms with E-state index in [1.165, 1.54) is 54.6 Å². The molecule has 2 N–H and O–H groups in total. The lowest BCUT2D eigenvalue weighted by atomic mass is 10.1. The van der Waals surface area contributed by atoms with Gasteiger partial charge in [0.05, 0.1) is 16.7 Å². The van der Waals surface area contributed by atoms with Crippen LogP contribution in [0.5, 0.6) is 34.5 Å². The first-order valence-corrected chi connectivity index (χ1v) is 16.4. The Labute approximate surface area is 289 Å². The molecule has 0 aliphatic rings. The number of hydrogen-bond donors (Lipinski definition) is 2. The zero-order chi connectivity index (χ0) is 36.2. The molecule has 0 radical (unpaired) electrons. The minimum atomic E-state index is -0.544. The molecule has 4 aromatic rings. The molecule has 4 rings (SSSR count). The number of phenolic OH excluding ortho intramolecular Hbond substituents is 2. The number of carbonyl (C=O) groups is 4. The predicted octanol–water partition coefficient (Wildman–Crippen LogP) is 7.11. The minimum Gasteiger partial charge on any atom is -0.507 e. The molecule has 13 nitrogen and oxygen atoms in total. The summed E-state index contributed by atoms with van der Waals surface area (Å²) >= 11 is 0. The van der Waals surface area contributed by atoms with Crippen LogP contribution < -0.4 is 18.9 Å². The van der Waals surface area contributed by atoms with Crippen LogP contribution in [0.15, 0.2) is 54.6 Å². The third kappa shape index (κ3) is 9.84. The fraction of sp³-hybridized carbons (Fsp3) is 0.324. The molecule has 0 spiro atoms. The number of aromatic hydroxyl groups is 2. The maximum Gasteiger partial charge on any atom is 0.311 e. The summed E-state index contributed by atoms with van der Waals surface area (Å²) in [5, 5.41) is 22.0. The van der Waals surface area contributed by atoms with Gasteiger partial charge in [-0.1, -0.05) is 27.7 Å². The van der Waals surface area contributed by atoms with Crippen molar-refractivity contribution in [1.29, 1.82) is 0 Å². The lowest BCUT2D eigenvalue weighted by Gasteiger charge is -2.14. The van der Waals surface area contributed by atoms with Gasteiger partial charge in [0.15, 0.2) is 17.5 Å². The van der Waals surface area contributed by atoms with E-state index in [0.717, 1.165) is 0 Å². The Morgan fingerprint density at radius 3 is 1.16 bits per heavy atom. The molecular formula is C37H39N3O10.